The van der Waals surface area contributed by atoms with Gasteiger partial charge >= 0.3 is 17.9 Å². The quantitative estimate of drug-likeness (QED) is 0.0721. The number of anilines is 1. The van der Waals surface area contributed by atoms with Gasteiger partial charge in [-0.1, -0.05) is 24.0 Å². The topological polar surface area (TPSA) is 145 Å². The number of esters is 3. The Labute approximate surface area is 346 Å². The van der Waals surface area contributed by atoms with E-state index >= 15 is 0 Å². The van der Waals surface area contributed by atoms with Crippen molar-refractivity contribution < 1.29 is 52.3 Å². The molecule has 0 aromatic heterocycles. The predicted molar refractivity (Wildman–Crippen MR) is 223 cm³/mol. The van der Waals surface area contributed by atoms with Crippen molar-refractivity contribution in [3.8, 4) is 52.1 Å². The van der Waals surface area contributed by atoms with Gasteiger partial charge in [0.05, 0.1) is 34.0 Å². The second-order valence-corrected chi connectivity index (χ2v) is 13.0. The van der Waals surface area contributed by atoms with Gasteiger partial charge in [0.2, 0.25) is 0 Å². The average molecular weight is 806 g/mol. The highest BCUT2D eigenvalue weighted by atomic mass is 16.6. The summed E-state index contributed by atoms with van der Waals surface area (Å²) in [6, 6.07) is 32.6. The lowest BCUT2D eigenvalue weighted by Gasteiger charge is -2.14. The van der Waals surface area contributed by atoms with E-state index in [0.29, 0.717) is 39.6 Å². The number of ether oxygens (including phenoxy) is 7. The Kier molecular flexibility index (Phi) is 13.1. The zero-order valence-electron chi connectivity index (χ0n) is 33.5. The zero-order chi connectivity index (χ0) is 42.8. The summed E-state index contributed by atoms with van der Waals surface area (Å²) in [5.41, 5.74) is 4.60. The summed E-state index contributed by atoms with van der Waals surface area (Å²) in [4.78, 5) is 51.5. The van der Waals surface area contributed by atoms with Gasteiger partial charge in [-0.2, -0.15) is 0 Å². The number of carbonyl (C=O) groups is 4. The highest BCUT2D eigenvalue weighted by Gasteiger charge is 2.22. The van der Waals surface area contributed by atoms with Crippen molar-refractivity contribution >= 4 is 29.5 Å². The van der Waals surface area contributed by atoms with Crippen LogP contribution in [0.1, 0.15) is 63.7 Å². The molecule has 0 atom stereocenters. The van der Waals surface area contributed by atoms with Gasteiger partial charge in [-0.25, -0.2) is 14.4 Å². The largest absolute Gasteiger partial charge is 0.493 e. The molecular weight excluding hydrogens is 767 g/mol. The van der Waals surface area contributed by atoms with Crippen LogP contribution in [0.25, 0.3) is 0 Å². The first-order valence-electron chi connectivity index (χ1n) is 18.3. The standard InChI is InChI=1S/C48H39NO11/c1-29-7-27-39(43(56-5)41(29)54-3)47(52)59-37-23-15-33(16-24-37)45(50)49-35-19-11-31(12-20-35)9-10-32-13-21-36(22-14-32)58-46(51)34-17-25-38(26-18-34)60-48(53)40-28-8-30(2)42(55-4)44(40)57-6/h7-8,11-28H,1-6H3,(H,49,50). The van der Waals surface area contributed by atoms with Gasteiger partial charge in [-0.15, -0.1) is 0 Å². The molecule has 60 heavy (non-hydrogen) atoms. The second kappa shape index (κ2) is 18.9. The van der Waals surface area contributed by atoms with Crippen LogP contribution in [-0.4, -0.2) is 52.3 Å². The number of amides is 1. The van der Waals surface area contributed by atoms with E-state index in [1.165, 1.54) is 64.8 Å². The van der Waals surface area contributed by atoms with Gasteiger partial charge in [-0.05, 0) is 134 Å². The summed E-state index contributed by atoms with van der Waals surface area (Å²) < 4.78 is 38.1. The zero-order valence-corrected chi connectivity index (χ0v) is 33.5. The first-order chi connectivity index (χ1) is 29.0. The van der Waals surface area contributed by atoms with E-state index in [0.717, 1.165) is 11.1 Å². The minimum absolute atomic E-state index is 0.197. The molecule has 6 aromatic carbocycles. The molecule has 1 N–H and O–H groups in total. The summed E-state index contributed by atoms with van der Waals surface area (Å²) >= 11 is 0. The van der Waals surface area contributed by atoms with E-state index in [4.69, 9.17) is 33.2 Å². The molecule has 12 nitrogen and oxygen atoms in total. The Hall–Kier alpha value is -8.04. The predicted octanol–water partition coefficient (Wildman–Crippen LogP) is 8.65. The van der Waals surface area contributed by atoms with Crippen molar-refractivity contribution in [2.24, 2.45) is 0 Å². The van der Waals surface area contributed by atoms with Crippen molar-refractivity contribution in [1.29, 1.82) is 0 Å². The van der Waals surface area contributed by atoms with Crippen molar-refractivity contribution in [3.05, 3.63) is 166 Å². The van der Waals surface area contributed by atoms with Crippen molar-refractivity contribution in [2.45, 2.75) is 13.8 Å². The van der Waals surface area contributed by atoms with E-state index in [-0.39, 0.29) is 45.6 Å². The van der Waals surface area contributed by atoms with E-state index in [2.05, 4.69) is 17.2 Å². The van der Waals surface area contributed by atoms with E-state index in [1.807, 2.05) is 13.8 Å². The van der Waals surface area contributed by atoms with Crippen molar-refractivity contribution in [3.63, 3.8) is 0 Å². The van der Waals surface area contributed by atoms with Crippen LogP contribution in [0.3, 0.4) is 0 Å². The third kappa shape index (κ3) is 9.73. The molecule has 0 heterocycles. The molecule has 0 saturated heterocycles. The normalized spacial score (nSPS) is 10.3. The van der Waals surface area contributed by atoms with Crippen LogP contribution in [0.2, 0.25) is 0 Å². The minimum atomic E-state index is -0.643. The molecule has 6 rings (SSSR count). The highest BCUT2D eigenvalue weighted by molar-refractivity contribution is 6.04. The molecule has 302 valence electrons. The van der Waals surface area contributed by atoms with Crippen LogP contribution in [-0.2, 0) is 0 Å². The Balaban J connectivity index is 0.987. The lowest BCUT2D eigenvalue weighted by atomic mass is 10.1. The molecule has 1 amide bonds. The summed E-state index contributed by atoms with van der Waals surface area (Å²) in [5, 5.41) is 2.84. The number of hydrogen-bond donors (Lipinski definition) is 1. The number of benzene rings is 6. The molecule has 0 aliphatic heterocycles. The number of rotatable bonds is 12. The summed E-state index contributed by atoms with van der Waals surface area (Å²) in [7, 11) is 5.88. The molecule has 0 spiro atoms. The SMILES string of the molecule is COc1c(C)ccc(C(=O)Oc2ccc(C(=O)Nc3ccc(C#Cc4ccc(OC(=O)c5ccc(OC(=O)c6ccc(C)c(OC)c6OC)cc5)cc4)cc3)cc2)c1OC. The monoisotopic (exact) mass is 805 g/mol. The fourth-order valence-electron chi connectivity index (χ4n) is 5.97. The third-order valence-corrected chi connectivity index (χ3v) is 9.06. The maximum absolute atomic E-state index is 12.9. The summed E-state index contributed by atoms with van der Waals surface area (Å²) in [6.45, 7) is 3.68. The number of aryl methyl sites for hydroxylation is 2. The maximum Gasteiger partial charge on any atom is 0.347 e. The van der Waals surface area contributed by atoms with Crippen molar-refractivity contribution in [2.75, 3.05) is 33.8 Å². The maximum atomic E-state index is 12.9. The average Bonchev–Trinajstić information content (AvgIpc) is 3.26. The molecular formula is C48H39NO11. The summed E-state index contributed by atoms with van der Waals surface area (Å²) in [6.07, 6.45) is 0. The van der Waals surface area contributed by atoms with Crippen LogP contribution >= 0.6 is 0 Å². The van der Waals surface area contributed by atoms with Gasteiger partial charge in [-0.3, -0.25) is 4.79 Å². The van der Waals surface area contributed by atoms with Crippen LogP contribution < -0.4 is 38.5 Å². The number of methoxy groups -OCH3 is 4. The molecule has 6 aromatic rings. The number of hydrogen-bond acceptors (Lipinski definition) is 11. The van der Waals surface area contributed by atoms with Gasteiger partial charge in [0, 0.05) is 22.4 Å². The molecule has 0 aliphatic carbocycles. The summed E-state index contributed by atoms with van der Waals surface area (Å²) in [5.74, 6) is 6.16. The first-order valence-corrected chi connectivity index (χ1v) is 18.3. The molecule has 0 radical (unpaired) electrons. The molecule has 0 unspecified atom stereocenters. The third-order valence-electron chi connectivity index (χ3n) is 9.06. The van der Waals surface area contributed by atoms with Gasteiger partial charge in [0.15, 0.2) is 23.0 Å². The van der Waals surface area contributed by atoms with Crippen LogP contribution in [0, 0.1) is 25.7 Å². The van der Waals surface area contributed by atoms with E-state index in [1.54, 1.807) is 84.9 Å². The lowest BCUT2D eigenvalue weighted by Crippen LogP contribution is -2.13. The Bertz CT molecular complexity index is 2420. The Morgan fingerprint density at radius 2 is 0.783 bits per heavy atom. The minimum Gasteiger partial charge on any atom is -0.493 e. The smallest absolute Gasteiger partial charge is 0.347 e. The molecule has 12 heteroatoms. The van der Waals surface area contributed by atoms with Crippen molar-refractivity contribution in [1.82, 2.24) is 0 Å². The second-order valence-electron chi connectivity index (χ2n) is 13.0. The Morgan fingerprint density at radius 3 is 1.20 bits per heavy atom. The molecule has 0 bridgehead atoms. The van der Waals surface area contributed by atoms with Gasteiger partial charge in [0.1, 0.15) is 28.4 Å². The van der Waals surface area contributed by atoms with Gasteiger partial charge in [0.25, 0.3) is 5.91 Å². The van der Waals surface area contributed by atoms with E-state index < -0.39 is 17.9 Å². The van der Waals surface area contributed by atoms with E-state index in [9.17, 15) is 19.2 Å². The highest BCUT2D eigenvalue weighted by Crippen LogP contribution is 2.36. The first kappa shape index (κ1) is 41.6. The molecule has 0 fully saturated rings. The van der Waals surface area contributed by atoms with Gasteiger partial charge < -0.3 is 38.5 Å². The van der Waals surface area contributed by atoms with Crippen LogP contribution in [0.5, 0.6) is 40.2 Å². The van der Waals surface area contributed by atoms with Crippen LogP contribution in [0.15, 0.2) is 121 Å². The number of carbonyl (C=O) groups excluding carboxylic acids is 4. The Morgan fingerprint density at radius 1 is 0.417 bits per heavy atom. The molecule has 0 aliphatic rings. The fraction of sp³-hybridized carbons (Fsp3) is 0.125. The van der Waals surface area contributed by atoms with Crippen LogP contribution in [0.4, 0.5) is 5.69 Å². The lowest BCUT2D eigenvalue weighted by molar-refractivity contribution is 0.0719. The molecule has 0 saturated carbocycles. The number of nitrogens with one attached hydrogen (secondary N) is 1. The fourth-order valence-corrected chi connectivity index (χ4v) is 5.97.